The molecule has 3 heterocycles. The van der Waals surface area contributed by atoms with Gasteiger partial charge in [-0.15, -0.1) is 0 Å². The van der Waals surface area contributed by atoms with Gasteiger partial charge in [-0.1, -0.05) is 30.3 Å². The van der Waals surface area contributed by atoms with E-state index >= 15 is 0 Å². The fourth-order valence-corrected chi connectivity index (χ4v) is 3.62. The lowest BCUT2D eigenvalue weighted by Crippen LogP contribution is -2.08. The van der Waals surface area contributed by atoms with E-state index in [4.69, 9.17) is 0 Å². The molecule has 5 nitrogen and oxygen atoms in total. The van der Waals surface area contributed by atoms with Gasteiger partial charge in [0.25, 0.3) is 0 Å². The van der Waals surface area contributed by atoms with Crippen LogP contribution in [0.5, 0.6) is 0 Å². The van der Waals surface area contributed by atoms with E-state index in [9.17, 15) is 4.79 Å². The van der Waals surface area contributed by atoms with Crippen LogP contribution in [0.15, 0.2) is 91.6 Å². The van der Waals surface area contributed by atoms with Gasteiger partial charge in [0.05, 0.1) is 5.69 Å². The average Bonchev–Trinajstić information content (AvgIpc) is 2.79. The number of rotatable bonds is 6. The molecule has 148 valence electrons. The fourth-order valence-electron chi connectivity index (χ4n) is 3.62. The van der Waals surface area contributed by atoms with Crippen LogP contribution in [0, 0.1) is 0 Å². The van der Waals surface area contributed by atoms with Gasteiger partial charge >= 0.3 is 0 Å². The van der Waals surface area contributed by atoms with Crippen LogP contribution in [0.2, 0.25) is 0 Å². The van der Waals surface area contributed by atoms with Crippen LogP contribution in [-0.4, -0.2) is 20.9 Å². The van der Waals surface area contributed by atoms with E-state index < -0.39 is 0 Å². The molecule has 0 aliphatic heterocycles. The molecule has 0 aliphatic carbocycles. The van der Waals surface area contributed by atoms with Crippen molar-refractivity contribution >= 4 is 11.6 Å². The normalized spacial score (nSPS) is 10.7. The first-order chi connectivity index (χ1) is 14.7. The summed E-state index contributed by atoms with van der Waals surface area (Å²) < 4.78 is 0. The Morgan fingerprint density at radius 2 is 1.60 bits per heavy atom. The van der Waals surface area contributed by atoms with Crippen molar-refractivity contribution in [3.63, 3.8) is 0 Å². The maximum atomic E-state index is 11.4. The van der Waals surface area contributed by atoms with Gasteiger partial charge in [0, 0.05) is 55.1 Å². The highest BCUT2D eigenvalue weighted by atomic mass is 16.1. The average molecular weight is 394 g/mol. The summed E-state index contributed by atoms with van der Waals surface area (Å²) in [6, 6.07) is 19.9. The molecular weight excluding hydrogens is 372 g/mol. The van der Waals surface area contributed by atoms with Gasteiger partial charge in [0.1, 0.15) is 0 Å². The van der Waals surface area contributed by atoms with Crippen LogP contribution in [0.1, 0.15) is 29.5 Å². The Bertz CT molecular complexity index is 1090. The second-order valence-electron chi connectivity index (χ2n) is 7.10. The van der Waals surface area contributed by atoms with E-state index in [0.717, 1.165) is 40.1 Å². The number of nitrogens with zero attached hydrogens (tertiary/aromatic N) is 3. The van der Waals surface area contributed by atoms with Gasteiger partial charge < -0.3 is 5.32 Å². The van der Waals surface area contributed by atoms with Gasteiger partial charge in [0.2, 0.25) is 5.91 Å². The van der Waals surface area contributed by atoms with Crippen molar-refractivity contribution in [3.8, 4) is 11.3 Å². The zero-order valence-electron chi connectivity index (χ0n) is 16.7. The van der Waals surface area contributed by atoms with Gasteiger partial charge in [0.15, 0.2) is 0 Å². The van der Waals surface area contributed by atoms with Crippen LogP contribution in [0.25, 0.3) is 11.3 Å². The zero-order valence-corrected chi connectivity index (χ0v) is 16.7. The number of hydrogen-bond donors (Lipinski definition) is 1. The van der Waals surface area contributed by atoms with Crippen molar-refractivity contribution in [1.29, 1.82) is 0 Å². The second kappa shape index (κ2) is 9.09. The van der Waals surface area contributed by atoms with E-state index in [0.29, 0.717) is 0 Å². The number of pyridine rings is 3. The Labute approximate surface area is 175 Å². The molecule has 0 unspecified atom stereocenters. The summed E-state index contributed by atoms with van der Waals surface area (Å²) in [6.07, 6.45) is 9.94. The molecule has 5 heteroatoms. The monoisotopic (exact) mass is 394 g/mol. The van der Waals surface area contributed by atoms with E-state index in [1.54, 1.807) is 18.6 Å². The molecule has 0 atom stereocenters. The van der Waals surface area contributed by atoms with E-state index in [-0.39, 0.29) is 11.8 Å². The first-order valence-corrected chi connectivity index (χ1v) is 9.82. The van der Waals surface area contributed by atoms with Crippen molar-refractivity contribution in [2.24, 2.45) is 0 Å². The van der Waals surface area contributed by atoms with E-state index in [2.05, 4.69) is 38.5 Å². The number of benzene rings is 1. The SMILES string of the molecule is CC(=O)Nc1cccc(-c2ncccc2CC(c2cccnc2)c2cccnc2)c1. The van der Waals surface area contributed by atoms with Crippen molar-refractivity contribution < 1.29 is 4.79 Å². The van der Waals surface area contributed by atoms with Crippen LogP contribution < -0.4 is 5.32 Å². The number of amides is 1. The molecule has 0 saturated carbocycles. The summed E-state index contributed by atoms with van der Waals surface area (Å²) in [5.74, 6) is 0.00971. The minimum Gasteiger partial charge on any atom is -0.326 e. The third-order valence-electron chi connectivity index (χ3n) is 4.95. The van der Waals surface area contributed by atoms with Gasteiger partial charge in [-0.3, -0.25) is 19.7 Å². The smallest absolute Gasteiger partial charge is 0.221 e. The van der Waals surface area contributed by atoms with Gasteiger partial charge in [-0.25, -0.2) is 0 Å². The molecule has 3 aromatic heterocycles. The van der Waals surface area contributed by atoms with Crippen LogP contribution in [0.4, 0.5) is 5.69 Å². The molecule has 1 amide bonds. The molecule has 0 saturated heterocycles. The lowest BCUT2D eigenvalue weighted by Gasteiger charge is -2.19. The zero-order chi connectivity index (χ0) is 20.8. The number of carbonyl (C=O) groups is 1. The van der Waals surface area contributed by atoms with Crippen molar-refractivity contribution in [2.45, 2.75) is 19.3 Å². The molecule has 0 bridgehead atoms. The van der Waals surface area contributed by atoms with Gasteiger partial charge in [-0.2, -0.15) is 0 Å². The van der Waals surface area contributed by atoms with Crippen LogP contribution >= 0.6 is 0 Å². The Kier molecular flexibility index (Phi) is 5.90. The van der Waals surface area contributed by atoms with Crippen LogP contribution in [-0.2, 0) is 11.2 Å². The molecule has 4 rings (SSSR count). The first kappa shape index (κ1) is 19.5. The third-order valence-corrected chi connectivity index (χ3v) is 4.95. The summed E-state index contributed by atoms with van der Waals surface area (Å²) in [7, 11) is 0. The third kappa shape index (κ3) is 4.58. The second-order valence-corrected chi connectivity index (χ2v) is 7.10. The summed E-state index contributed by atoms with van der Waals surface area (Å²) in [5, 5.41) is 2.84. The molecule has 0 radical (unpaired) electrons. The highest BCUT2D eigenvalue weighted by Crippen LogP contribution is 2.32. The number of aromatic nitrogens is 3. The number of anilines is 1. The van der Waals surface area contributed by atoms with Crippen LogP contribution in [0.3, 0.4) is 0 Å². The fraction of sp³-hybridized carbons (Fsp3) is 0.120. The molecular formula is C25H22N4O. The largest absolute Gasteiger partial charge is 0.326 e. The Balaban J connectivity index is 1.73. The van der Waals surface area contributed by atoms with Crippen molar-refractivity contribution in [2.75, 3.05) is 5.32 Å². The molecule has 0 fully saturated rings. The molecule has 30 heavy (non-hydrogen) atoms. The van der Waals surface area contributed by atoms with E-state index in [1.165, 1.54) is 6.92 Å². The summed E-state index contributed by atoms with van der Waals surface area (Å²) >= 11 is 0. The van der Waals surface area contributed by atoms with Crippen molar-refractivity contribution in [1.82, 2.24) is 15.0 Å². The minimum absolute atomic E-state index is 0.0957. The molecule has 1 N–H and O–H groups in total. The number of nitrogens with one attached hydrogen (secondary N) is 1. The highest BCUT2D eigenvalue weighted by molar-refractivity contribution is 5.89. The predicted octanol–water partition coefficient (Wildman–Crippen LogP) is 4.87. The maximum absolute atomic E-state index is 11.4. The van der Waals surface area contributed by atoms with E-state index in [1.807, 2.05) is 54.9 Å². The lowest BCUT2D eigenvalue weighted by atomic mass is 9.86. The predicted molar refractivity (Wildman–Crippen MR) is 118 cm³/mol. The quantitative estimate of drug-likeness (QED) is 0.506. The Morgan fingerprint density at radius 1 is 0.900 bits per heavy atom. The summed E-state index contributed by atoms with van der Waals surface area (Å²) in [6.45, 7) is 1.51. The maximum Gasteiger partial charge on any atom is 0.221 e. The summed E-state index contributed by atoms with van der Waals surface area (Å²) in [5.41, 5.74) is 6.01. The van der Waals surface area contributed by atoms with Crippen molar-refractivity contribution in [3.05, 3.63) is 108 Å². The highest BCUT2D eigenvalue weighted by Gasteiger charge is 2.18. The number of carbonyl (C=O) groups excluding carboxylic acids is 1. The lowest BCUT2D eigenvalue weighted by molar-refractivity contribution is -0.114. The minimum atomic E-state index is -0.0957. The molecule has 0 spiro atoms. The molecule has 1 aromatic carbocycles. The molecule has 0 aliphatic rings. The Hall–Kier alpha value is -3.86. The Morgan fingerprint density at radius 3 is 2.23 bits per heavy atom. The molecule has 4 aromatic rings. The first-order valence-electron chi connectivity index (χ1n) is 9.82. The standard InChI is InChI=1S/C25H22N4O/c1-18(30)29-23-10-2-6-19(14-23)25-20(7-5-13-28-25)15-24(21-8-3-11-26-16-21)22-9-4-12-27-17-22/h2-14,16-17,24H,15H2,1H3,(H,29,30). The van der Waals surface area contributed by atoms with Gasteiger partial charge in [-0.05, 0) is 53.4 Å². The summed E-state index contributed by atoms with van der Waals surface area (Å²) in [4.78, 5) is 24.7. The number of hydrogen-bond acceptors (Lipinski definition) is 4. The topological polar surface area (TPSA) is 67.8 Å².